The van der Waals surface area contributed by atoms with E-state index in [0.29, 0.717) is 5.57 Å². The van der Waals surface area contributed by atoms with Crippen molar-refractivity contribution in [3.8, 4) is 0 Å². The van der Waals surface area contributed by atoms with Crippen LogP contribution in [0.2, 0.25) is 0 Å². The van der Waals surface area contributed by atoms with Gasteiger partial charge in [-0.25, -0.2) is 0 Å². The fraction of sp³-hybridized carbons (Fsp3) is 0.167. The zero-order valence-corrected chi connectivity index (χ0v) is 5.70. The summed E-state index contributed by atoms with van der Waals surface area (Å²) in [6, 6.07) is 0. The van der Waals surface area contributed by atoms with Gasteiger partial charge in [-0.15, -0.1) is 0 Å². The van der Waals surface area contributed by atoms with Crippen LogP contribution >= 0.6 is 0 Å². The van der Waals surface area contributed by atoms with E-state index in [1.807, 2.05) is 0 Å². The number of aliphatic imine (C=N–C) groups is 1. The van der Waals surface area contributed by atoms with Crippen LogP contribution in [0.5, 0.6) is 0 Å². The number of hydrogen-bond acceptors (Lipinski definition) is 3. The summed E-state index contributed by atoms with van der Waals surface area (Å²) in [4.78, 5) is 12.8. The van der Waals surface area contributed by atoms with Crippen molar-refractivity contribution in [2.75, 3.05) is 0 Å². The molecule has 0 aromatic heterocycles. The summed E-state index contributed by atoms with van der Waals surface area (Å²) < 4.78 is 0. The van der Waals surface area contributed by atoms with Crippen molar-refractivity contribution in [1.29, 1.82) is 0 Å². The molecule has 4 nitrogen and oxygen atoms in total. The van der Waals surface area contributed by atoms with Crippen molar-refractivity contribution in [3.05, 3.63) is 34.2 Å². The molecular formula is C6H8N2O2. The fourth-order valence-corrected chi connectivity index (χ4v) is 0.400. The van der Waals surface area contributed by atoms with Gasteiger partial charge in [0.05, 0.1) is 4.92 Å². The zero-order valence-electron chi connectivity index (χ0n) is 5.70. The molecule has 0 heterocycles. The van der Waals surface area contributed by atoms with Gasteiger partial charge in [0.25, 0.3) is 5.70 Å². The van der Waals surface area contributed by atoms with Crippen LogP contribution in [0.1, 0.15) is 6.92 Å². The Morgan fingerprint density at radius 2 is 2.30 bits per heavy atom. The van der Waals surface area contributed by atoms with E-state index in [1.54, 1.807) is 6.92 Å². The minimum Gasteiger partial charge on any atom is -0.265 e. The molecule has 0 saturated carbocycles. The van der Waals surface area contributed by atoms with Crippen LogP contribution in [0.15, 0.2) is 29.0 Å². The second kappa shape index (κ2) is 3.55. The highest BCUT2D eigenvalue weighted by Gasteiger charge is 2.09. The molecule has 0 fully saturated rings. The maximum Gasteiger partial charge on any atom is 0.289 e. The first-order valence-corrected chi connectivity index (χ1v) is 2.56. The lowest BCUT2D eigenvalue weighted by molar-refractivity contribution is -0.420. The van der Waals surface area contributed by atoms with E-state index in [-0.39, 0.29) is 5.70 Å². The van der Waals surface area contributed by atoms with Gasteiger partial charge in [-0.05, 0) is 13.6 Å². The van der Waals surface area contributed by atoms with Crippen LogP contribution in [0.4, 0.5) is 0 Å². The van der Waals surface area contributed by atoms with Gasteiger partial charge in [-0.1, -0.05) is 6.58 Å². The number of allylic oxidation sites excluding steroid dienone is 1. The Labute approximate surface area is 58.7 Å². The van der Waals surface area contributed by atoms with Crippen LogP contribution in [0.25, 0.3) is 0 Å². The summed E-state index contributed by atoms with van der Waals surface area (Å²) in [6.45, 7) is 8.03. The van der Waals surface area contributed by atoms with Gasteiger partial charge in [0, 0.05) is 5.57 Å². The molecule has 0 radical (unpaired) electrons. The predicted molar refractivity (Wildman–Crippen MR) is 39.4 cm³/mol. The lowest BCUT2D eigenvalue weighted by Crippen LogP contribution is -1.98. The molecule has 0 aromatic carbocycles. The van der Waals surface area contributed by atoms with E-state index in [9.17, 15) is 10.1 Å². The molecule has 0 aromatic rings. The third-order valence-corrected chi connectivity index (χ3v) is 0.848. The second-order valence-corrected chi connectivity index (χ2v) is 1.73. The standard InChI is InChI=1S/C6H8N2O2/c1-5(2)6(4-7-3)8(9)10/h4H,1,3H2,2H3/b6-4+. The molecule has 0 N–H and O–H groups in total. The molecule has 0 atom stereocenters. The first-order chi connectivity index (χ1) is 4.59. The van der Waals surface area contributed by atoms with E-state index in [2.05, 4.69) is 18.3 Å². The quantitative estimate of drug-likeness (QED) is 0.257. The lowest BCUT2D eigenvalue weighted by atomic mass is 10.3. The van der Waals surface area contributed by atoms with E-state index >= 15 is 0 Å². The Bertz CT molecular complexity index is 190. The highest BCUT2D eigenvalue weighted by Crippen LogP contribution is 2.06. The monoisotopic (exact) mass is 140 g/mol. The van der Waals surface area contributed by atoms with Crippen LogP contribution in [-0.4, -0.2) is 11.6 Å². The van der Waals surface area contributed by atoms with Gasteiger partial charge < -0.3 is 0 Å². The lowest BCUT2D eigenvalue weighted by Gasteiger charge is -1.91. The fourth-order valence-electron chi connectivity index (χ4n) is 0.400. The van der Waals surface area contributed by atoms with Crippen LogP contribution < -0.4 is 0 Å². The largest absolute Gasteiger partial charge is 0.289 e. The Morgan fingerprint density at radius 1 is 1.80 bits per heavy atom. The van der Waals surface area contributed by atoms with E-state index in [4.69, 9.17) is 0 Å². The summed E-state index contributed by atoms with van der Waals surface area (Å²) in [7, 11) is 0. The van der Waals surface area contributed by atoms with Crippen LogP contribution in [-0.2, 0) is 0 Å². The van der Waals surface area contributed by atoms with Crippen molar-refractivity contribution in [3.63, 3.8) is 0 Å². The molecule has 54 valence electrons. The summed E-state index contributed by atoms with van der Waals surface area (Å²) in [5.41, 5.74) is 0.271. The first kappa shape index (κ1) is 8.55. The molecule has 0 saturated heterocycles. The third kappa shape index (κ3) is 2.21. The van der Waals surface area contributed by atoms with Crippen LogP contribution in [0, 0.1) is 10.1 Å². The Hall–Kier alpha value is -1.45. The van der Waals surface area contributed by atoms with Gasteiger partial charge in [-0.3, -0.25) is 15.1 Å². The SMILES string of the molecule is C=N/C=C(\C(=C)C)[N+](=O)[O-]. The van der Waals surface area contributed by atoms with Crippen molar-refractivity contribution < 1.29 is 4.92 Å². The molecule has 0 aliphatic carbocycles. The smallest absolute Gasteiger partial charge is 0.265 e. The zero-order chi connectivity index (χ0) is 8.15. The highest BCUT2D eigenvalue weighted by atomic mass is 16.6. The maximum atomic E-state index is 10.1. The van der Waals surface area contributed by atoms with Crippen molar-refractivity contribution in [2.24, 2.45) is 4.99 Å². The minimum atomic E-state index is -0.545. The van der Waals surface area contributed by atoms with Gasteiger partial charge in [0.2, 0.25) is 0 Å². The topological polar surface area (TPSA) is 55.5 Å². The number of hydrogen-bond donors (Lipinski definition) is 0. The normalized spacial score (nSPS) is 10.7. The van der Waals surface area contributed by atoms with Gasteiger partial charge in [0.15, 0.2) is 0 Å². The molecule has 0 unspecified atom stereocenters. The van der Waals surface area contributed by atoms with Crippen molar-refractivity contribution >= 4 is 6.72 Å². The molecule has 0 bridgehead atoms. The maximum absolute atomic E-state index is 10.1. The van der Waals surface area contributed by atoms with Gasteiger partial charge in [0.1, 0.15) is 6.20 Å². The Morgan fingerprint density at radius 3 is 2.40 bits per heavy atom. The number of rotatable bonds is 3. The van der Waals surface area contributed by atoms with E-state index in [1.165, 1.54) is 0 Å². The molecule has 10 heavy (non-hydrogen) atoms. The van der Waals surface area contributed by atoms with Crippen molar-refractivity contribution in [1.82, 2.24) is 0 Å². The van der Waals surface area contributed by atoms with Gasteiger partial charge >= 0.3 is 0 Å². The molecule has 0 rings (SSSR count). The van der Waals surface area contributed by atoms with E-state index < -0.39 is 4.92 Å². The third-order valence-electron chi connectivity index (χ3n) is 0.848. The molecule has 4 heteroatoms. The van der Waals surface area contributed by atoms with E-state index in [0.717, 1.165) is 6.20 Å². The molecular weight excluding hydrogens is 132 g/mol. The first-order valence-electron chi connectivity index (χ1n) is 2.56. The second-order valence-electron chi connectivity index (χ2n) is 1.73. The van der Waals surface area contributed by atoms with Crippen LogP contribution in [0.3, 0.4) is 0 Å². The Kier molecular flexibility index (Phi) is 3.04. The predicted octanol–water partition coefficient (Wildman–Crippen LogP) is 1.38. The van der Waals surface area contributed by atoms with Crippen molar-refractivity contribution in [2.45, 2.75) is 6.92 Å². The average Bonchev–Trinajstić information content (AvgIpc) is 1.81. The molecule has 0 spiro atoms. The summed E-state index contributed by atoms with van der Waals surface area (Å²) >= 11 is 0. The molecule has 0 aliphatic heterocycles. The minimum absolute atomic E-state index is 0.102. The summed E-state index contributed by atoms with van der Waals surface area (Å²) in [5.74, 6) is 0. The number of nitrogens with zero attached hydrogens (tertiary/aromatic N) is 2. The summed E-state index contributed by atoms with van der Waals surface area (Å²) in [5, 5.41) is 10.1. The molecule has 0 amide bonds. The Balaban J connectivity index is 4.58. The van der Waals surface area contributed by atoms with Gasteiger partial charge in [-0.2, -0.15) is 0 Å². The summed E-state index contributed by atoms with van der Waals surface area (Å²) in [6.07, 6.45) is 1.07. The average molecular weight is 140 g/mol. The number of nitro groups is 1. The highest BCUT2D eigenvalue weighted by molar-refractivity contribution is 5.28. The molecule has 0 aliphatic rings.